The van der Waals surface area contributed by atoms with Gasteiger partial charge in [0.05, 0.1) is 11.7 Å². The molecule has 2 aromatic heterocycles. The average molecular weight is 452 g/mol. The number of alkyl halides is 3. The number of hydrogen-bond donors (Lipinski definition) is 0. The number of likely N-dealkylation sites (tertiary alicyclic amines) is 1. The molecule has 0 unspecified atom stereocenters. The van der Waals surface area contributed by atoms with Crippen molar-refractivity contribution in [3.63, 3.8) is 0 Å². The van der Waals surface area contributed by atoms with Crippen LogP contribution in [0, 0.1) is 5.82 Å². The Kier molecular flexibility index (Phi) is 5.76. The van der Waals surface area contributed by atoms with E-state index in [1.54, 1.807) is 12.1 Å². The maximum Gasteiger partial charge on any atom is 0.573 e. The van der Waals surface area contributed by atoms with Crippen molar-refractivity contribution in [2.45, 2.75) is 31.8 Å². The predicted molar refractivity (Wildman–Crippen MR) is 108 cm³/mol. The van der Waals surface area contributed by atoms with Crippen LogP contribution in [-0.2, 0) is 13.6 Å². The summed E-state index contributed by atoms with van der Waals surface area (Å²) in [4.78, 5) is 31.2. The average Bonchev–Trinajstić information content (AvgIpc) is 2.74. The fourth-order valence-corrected chi connectivity index (χ4v) is 4.04. The van der Waals surface area contributed by atoms with Gasteiger partial charge in [0.25, 0.3) is 0 Å². The summed E-state index contributed by atoms with van der Waals surface area (Å²) in [6, 6.07) is 6.60. The molecule has 3 heterocycles. The van der Waals surface area contributed by atoms with Crippen molar-refractivity contribution < 1.29 is 22.3 Å². The summed E-state index contributed by atoms with van der Waals surface area (Å²) in [5.74, 6) is -0.875. The van der Waals surface area contributed by atoms with E-state index in [9.17, 15) is 27.2 Å². The lowest BCUT2D eigenvalue weighted by Crippen LogP contribution is -2.45. The Balaban J connectivity index is 1.48. The first-order valence-electron chi connectivity index (χ1n) is 9.96. The summed E-state index contributed by atoms with van der Waals surface area (Å²) in [6.07, 6.45) is -2.58. The Morgan fingerprint density at radius 2 is 1.75 bits per heavy atom. The molecule has 1 fully saturated rings. The van der Waals surface area contributed by atoms with E-state index < -0.39 is 23.3 Å². The molecule has 1 saturated heterocycles. The van der Waals surface area contributed by atoms with Crippen LogP contribution in [0.3, 0.4) is 0 Å². The Bertz CT molecular complexity index is 1240. The molecule has 0 spiro atoms. The van der Waals surface area contributed by atoms with E-state index in [0.29, 0.717) is 32.5 Å². The van der Waals surface area contributed by atoms with Gasteiger partial charge in [-0.15, -0.1) is 13.2 Å². The van der Waals surface area contributed by atoms with Crippen LogP contribution >= 0.6 is 0 Å². The molecule has 0 atom stereocenters. The van der Waals surface area contributed by atoms with Crippen LogP contribution in [-0.4, -0.2) is 38.5 Å². The lowest BCUT2D eigenvalue weighted by Gasteiger charge is -2.33. The van der Waals surface area contributed by atoms with Gasteiger partial charge in [0, 0.05) is 38.8 Å². The summed E-state index contributed by atoms with van der Waals surface area (Å²) in [7, 11) is 1.41. The van der Waals surface area contributed by atoms with Crippen LogP contribution < -0.4 is 15.9 Å². The van der Waals surface area contributed by atoms with Gasteiger partial charge in [-0.05, 0) is 30.5 Å². The number of aromatic nitrogens is 3. The van der Waals surface area contributed by atoms with Crippen LogP contribution in [0.2, 0.25) is 0 Å². The Labute approximate surface area is 179 Å². The molecule has 1 aliphatic heterocycles. The number of pyridine rings is 1. The Hall–Kier alpha value is -3.21. The number of nitrogens with zero attached hydrogens (tertiary/aromatic N) is 4. The van der Waals surface area contributed by atoms with E-state index >= 15 is 0 Å². The second kappa shape index (κ2) is 8.38. The zero-order chi connectivity index (χ0) is 23.0. The minimum Gasteiger partial charge on any atom is -0.406 e. The number of piperidine rings is 1. The third-order valence-corrected chi connectivity index (χ3v) is 5.60. The Morgan fingerprint density at radius 1 is 1.09 bits per heavy atom. The summed E-state index contributed by atoms with van der Waals surface area (Å²) >= 11 is 0. The highest BCUT2D eigenvalue weighted by molar-refractivity contribution is 5.70. The molecular weight excluding hydrogens is 432 g/mol. The van der Waals surface area contributed by atoms with Gasteiger partial charge in [-0.2, -0.15) is 0 Å². The van der Waals surface area contributed by atoms with E-state index in [4.69, 9.17) is 0 Å². The molecule has 0 bridgehead atoms. The van der Waals surface area contributed by atoms with Crippen molar-refractivity contribution in [3.8, 4) is 5.75 Å². The lowest BCUT2D eigenvalue weighted by atomic mass is 10.0. The summed E-state index contributed by atoms with van der Waals surface area (Å²) in [5, 5.41) is 0. The number of rotatable bonds is 4. The van der Waals surface area contributed by atoms with Crippen molar-refractivity contribution >= 4 is 11.2 Å². The van der Waals surface area contributed by atoms with E-state index in [1.807, 2.05) is 0 Å². The standard InChI is InChI=1S/C21H20F4N4O3/c1-27-17-10-14(22)11-26-18(17)29(20(31)19(27)30)15-6-8-28(9-7-15)12-13-2-4-16(5-3-13)32-21(23,24)25/h2-5,10-11,15H,6-9,12H2,1H3. The normalized spacial score (nSPS) is 15.9. The topological polar surface area (TPSA) is 69.4 Å². The number of halogens is 4. The van der Waals surface area contributed by atoms with Gasteiger partial charge in [0.2, 0.25) is 0 Å². The van der Waals surface area contributed by atoms with Gasteiger partial charge in [0.15, 0.2) is 5.65 Å². The van der Waals surface area contributed by atoms with E-state index in [-0.39, 0.29) is 23.0 Å². The first-order valence-corrected chi connectivity index (χ1v) is 9.96. The second-order valence-electron chi connectivity index (χ2n) is 7.73. The number of ether oxygens (including phenoxy) is 1. The smallest absolute Gasteiger partial charge is 0.406 e. The first kappa shape index (κ1) is 22.0. The monoisotopic (exact) mass is 452 g/mol. The first-order chi connectivity index (χ1) is 15.1. The summed E-state index contributed by atoms with van der Waals surface area (Å²) in [6.45, 7) is 1.74. The van der Waals surface area contributed by atoms with Crippen molar-refractivity contribution in [1.82, 2.24) is 19.0 Å². The SMILES string of the molecule is Cn1c(=O)c(=O)n(C2CCN(Cc3ccc(OC(F)(F)F)cc3)CC2)c2ncc(F)cc21. The molecule has 1 aliphatic rings. The molecular formula is C21H20F4N4O3. The van der Waals surface area contributed by atoms with Crippen molar-refractivity contribution in [2.24, 2.45) is 7.05 Å². The number of fused-ring (bicyclic) bond motifs is 1. The molecule has 0 radical (unpaired) electrons. The molecule has 0 aliphatic carbocycles. The van der Waals surface area contributed by atoms with Gasteiger partial charge in [-0.25, -0.2) is 9.37 Å². The van der Waals surface area contributed by atoms with Crippen LogP contribution in [0.25, 0.3) is 11.2 Å². The lowest BCUT2D eigenvalue weighted by molar-refractivity contribution is -0.274. The molecule has 11 heteroatoms. The van der Waals surface area contributed by atoms with Gasteiger partial charge < -0.3 is 9.30 Å². The van der Waals surface area contributed by atoms with E-state index in [0.717, 1.165) is 16.3 Å². The zero-order valence-corrected chi connectivity index (χ0v) is 17.1. The zero-order valence-electron chi connectivity index (χ0n) is 17.1. The molecule has 4 rings (SSSR count). The summed E-state index contributed by atoms with van der Waals surface area (Å²) < 4.78 is 56.8. The minimum absolute atomic E-state index is 0.248. The van der Waals surface area contributed by atoms with Gasteiger partial charge >= 0.3 is 17.5 Å². The fourth-order valence-electron chi connectivity index (χ4n) is 4.04. The maximum atomic E-state index is 13.7. The Morgan fingerprint density at radius 3 is 2.38 bits per heavy atom. The minimum atomic E-state index is -4.73. The molecule has 0 amide bonds. The molecule has 32 heavy (non-hydrogen) atoms. The third-order valence-electron chi connectivity index (χ3n) is 5.60. The van der Waals surface area contributed by atoms with Crippen molar-refractivity contribution in [2.75, 3.05) is 13.1 Å². The molecule has 3 aromatic rings. The summed E-state index contributed by atoms with van der Waals surface area (Å²) in [5.41, 5.74) is -0.104. The maximum absolute atomic E-state index is 13.7. The van der Waals surface area contributed by atoms with E-state index in [1.165, 1.54) is 29.8 Å². The van der Waals surface area contributed by atoms with Gasteiger partial charge in [0.1, 0.15) is 11.6 Å². The van der Waals surface area contributed by atoms with Gasteiger partial charge in [-0.1, -0.05) is 12.1 Å². The molecule has 7 nitrogen and oxygen atoms in total. The largest absolute Gasteiger partial charge is 0.573 e. The molecule has 1 aromatic carbocycles. The van der Waals surface area contributed by atoms with Crippen LogP contribution in [0.4, 0.5) is 17.6 Å². The van der Waals surface area contributed by atoms with Crippen LogP contribution in [0.15, 0.2) is 46.1 Å². The van der Waals surface area contributed by atoms with Gasteiger partial charge in [-0.3, -0.25) is 19.1 Å². The van der Waals surface area contributed by atoms with Crippen LogP contribution in [0.5, 0.6) is 5.75 Å². The van der Waals surface area contributed by atoms with E-state index in [2.05, 4.69) is 14.6 Å². The quantitative estimate of drug-likeness (QED) is 0.450. The molecule has 0 saturated carbocycles. The van der Waals surface area contributed by atoms with Crippen molar-refractivity contribution in [3.05, 3.63) is 68.6 Å². The highest BCUT2D eigenvalue weighted by Crippen LogP contribution is 2.26. The number of hydrogen-bond acceptors (Lipinski definition) is 5. The highest BCUT2D eigenvalue weighted by atomic mass is 19.4. The predicted octanol–water partition coefficient (Wildman–Crippen LogP) is 2.97. The number of benzene rings is 1. The fraction of sp³-hybridized carbons (Fsp3) is 0.381. The third kappa shape index (κ3) is 4.52. The van der Waals surface area contributed by atoms with Crippen LogP contribution in [0.1, 0.15) is 24.4 Å². The van der Waals surface area contributed by atoms with Crippen molar-refractivity contribution in [1.29, 1.82) is 0 Å². The highest BCUT2D eigenvalue weighted by Gasteiger charge is 2.31. The second-order valence-corrected chi connectivity index (χ2v) is 7.73. The molecule has 0 N–H and O–H groups in total. The molecule has 170 valence electrons. The number of aryl methyl sites for hydroxylation is 1.